The maximum atomic E-state index is 13.4. The molecule has 0 aromatic heterocycles. The zero-order valence-electron chi connectivity index (χ0n) is 12.6. The Morgan fingerprint density at radius 2 is 1.75 bits per heavy atom. The number of amides is 1. The van der Waals surface area contributed by atoms with E-state index in [0.29, 0.717) is 12.1 Å². The third kappa shape index (κ3) is 5.77. The summed E-state index contributed by atoms with van der Waals surface area (Å²) in [6.07, 6.45) is 2.55. The third-order valence-electron chi connectivity index (χ3n) is 2.99. The van der Waals surface area contributed by atoms with E-state index >= 15 is 0 Å². The molecule has 24 heavy (non-hydrogen) atoms. The van der Waals surface area contributed by atoms with E-state index in [2.05, 4.69) is 16.2 Å². The van der Waals surface area contributed by atoms with Gasteiger partial charge in [-0.3, -0.25) is 15.6 Å². The van der Waals surface area contributed by atoms with Gasteiger partial charge in [-0.2, -0.15) is 0 Å². The van der Waals surface area contributed by atoms with Crippen molar-refractivity contribution in [1.82, 2.24) is 16.2 Å². The predicted molar refractivity (Wildman–Crippen MR) is 92.6 cm³/mol. The van der Waals surface area contributed by atoms with Crippen LogP contribution < -0.4 is 16.2 Å². The normalized spacial score (nSPS) is 10.4. The molecule has 0 bridgehead atoms. The highest BCUT2D eigenvalue weighted by molar-refractivity contribution is 7.80. The van der Waals surface area contributed by atoms with Gasteiger partial charge in [0.25, 0.3) is 5.91 Å². The minimum absolute atomic E-state index is 0.201. The van der Waals surface area contributed by atoms with Crippen LogP contribution in [-0.2, 0) is 11.3 Å². The van der Waals surface area contributed by atoms with Gasteiger partial charge in [-0.25, -0.2) is 8.78 Å². The quantitative estimate of drug-likeness (QED) is 0.452. The summed E-state index contributed by atoms with van der Waals surface area (Å²) in [5.74, 6) is -1.21. The molecule has 4 nitrogen and oxygen atoms in total. The maximum absolute atomic E-state index is 13.4. The van der Waals surface area contributed by atoms with E-state index in [1.165, 1.54) is 30.4 Å². The van der Waals surface area contributed by atoms with Gasteiger partial charge in [-0.1, -0.05) is 30.3 Å². The maximum Gasteiger partial charge on any atom is 0.262 e. The van der Waals surface area contributed by atoms with Crippen molar-refractivity contribution in [3.63, 3.8) is 0 Å². The van der Waals surface area contributed by atoms with Crippen LogP contribution in [0.15, 0.2) is 54.6 Å². The lowest BCUT2D eigenvalue weighted by Crippen LogP contribution is -2.45. The second-order valence-electron chi connectivity index (χ2n) is 4.78. The lowest BCUT2D eigenvalue weighted by atomic mass is 10.2. The molecule has 1 amide bonds. The molecule has 0 aliphatic rings. The molecule has 7 heteroatoms. The number of nitrogens with one attached hydrogen (secondary N) is 3. The highest BCUT2D eigenvalue weighted by atomic mass is 32.1. The number of hydrogen-bond donors (Lipinski definition) is 3. The predicted octanol–water partition coefficient (Wildman–Crippen LogP) is 2.67. The molecule has 0 saturated carbocycles. The van der Waals surface area contributed by atoms with Gasteiger partial charge in [0.15, 0.2) is 5.11 Å². The average Bonchev–Trinajstić information content (AvgIpc) is 2.58. The molecule has 2 aromatic carbocycles. The molecule has 124 valence electrons. The number of rotatable bonds is 4. The second-order valence-corrected chi connectivity index (χ2v) is 5.19. The summed E-state index contributed by atoms with van der Waals surface area (Å²) in [4.78, 5) is 11.6. The van der Waals surface area contributed by atoms with Crippen molar-refractivity contribution in [3.05, 3.63) is 77.4 Å². The number of carbonyl (C=O) groups excluding carboxylic acids is 1. The standard InChI is InChI=1S/C17H15F2N3OS/c18-14-8-5-12(6-9-14)11-20-17(24)22-21-16(23)10-7-13-3-1-2-4-15(13)19/h1-10H,11H2,(H,21,23)(H2,20,22,24)/b10-7+. The van der Waals surface area contributed by atoms with Gasteiger partial charge in [0.1, 0.15) is 11.6 Å². The molecule has 3 N–H and O–H groups in total. The van der Waals surface area contributed by atoms with Crippen LogP contribution in [0.1, 0.15) is 11.1 Å². The second kappa shape index (κ2) is 8.73. The summed E-state index contributed by atoms with van der Waals surface area (Å²) in [5, 5.41) is 3.06. The van der Waals surface area contributed by atoms with Crippen molar-refractivity contribution < 1.29 is 13.6 Å². The van der Waals surface area contributed by atoms with Crippen LogP contribution in [0.2, 0.25) is 0 Å². The van der Waals surface area contributed by atoms with Crippen LogP contribution in [0.5, 0.6) is 0 Å². The SMILES string of the molecule is O=C(/C=C/c1ccccc1F)NNC(=S)NCc1ccc(F)cc1. The van der Waals surface area contributed by atoms with Crippen molar-refractivity contribution in [1.29, 1.82) is 0 Å². The van der Waals surface area contributed by atoms with Gasteiger partial charge < -0.3 is 5.32 Å². The number of halogens is 2. The van der Waals surface area contributed by atoms with Gasteiger partial charge >= 0.3 is 0 Å². The van der Waals surface area contributed by atoms with Crippen molar-refractivity contribution in [3.8, 4) is 0 Å². The van der Waals surface area contributed by atoms with Gasteiger partial charge in [-0.05, 0) is 42.1 Å². The Morgan fingerprint density at radius 3 is 2.46 bits per heavy atom. The Bertz CT molecular complexity index is 748. The van der Waals surface area contributed by atoms with Crippen LogP contribution in [0.3, 0.4) is 0 Å². The fraction of sp³-hybridized carbons (Fsp3) is 0.0588. The molecule has 2 rings (SSSR count). The number of thiocarbonyl (C=S) groups is 1. The Labute approximate surface area is 143 Å². The van der Waals surface area contributed by atoms with Gasteiger partial charge in [0.05, 0.1) is 0 Å². The number of hydrogen-bond acceptors (Lipinski definition) is 2. The molecule has 0 heterocycles. The fourth-order valence-electron chi connectivity index (χ4n) is 1.76. The molecule has 0 fully saturated rings. The molecule has 0 aliphatic carbocycles. The van der Waals surface area contributed by atoms with E-state index in [1.807, 2.05) is 0 Å². The summed E-state index contributed by atoms with van der Waals surface area (Å²) >= 11 is 5.00. The van der Waals surface area contributed by atoms with Crippen LogP contribution >= 0.6 is 12.2 Å². The monoisotopic (exact) mass is 347 g/mol. The van der Waals surface area contributed by atoms with E-state index in [-0.39, 0.29) is 10.9 Å². The first-order valence-corrected chi connectivity index (χ1v) is 7.46. The summed E-state index contributed by atoms with van der Waals surface area (Å²) < 4.78 is 26.2. The van der Waals surface area contributed by atoms with Gasteiger partial charge in [0, 0.05) is 18.2 Å². The van der Waals surface area contributed by atoms with E-state index in [9.17, 15) is 13.6 Å². The van der Waals surface area contributed by atoms with E-state index in [1.54, 1.807) is 30.3 Å². The zero-order chi connectivity index (χ0) is 17.4. The summed E-state index contributed by atoms with van der Waals surface area (Å²) in [7, 11) is 0. The summed E-state index contributed by atoms with van der Waals surface area (Å²) in [6.45, 7) is 0.382. The summed E-state index contributed by atoms with van der Waals surface area (Å²) in [5.41, 5.74) is 6.02. The minimum atomic E-state index is -0.482. The topological polar surface area (TPSA) is 53.2 Å². The van der Waals surface area contributed by atoms with Crippen molar-refractivity contribution in [2.75, 3.05) is 0 Å². The Morgan fingerprint density at radius 1 is 1.04 bits per heavy atom. The van der Waals surface area contributed by atoms with Crippen LogP contribution in [0, 0.1) is 11.6 Å². The molecule has 0 unspecified atom stereocenters. The molecule has 0 atom stereocenters. The highest BCUT2D eigenvalue weighted by Gasteiger charge is 2.00. The number of hydrazine groups is 1. The van der Waals surface area contributed by atoms with Crippen molar-refractivity contribution in [2.24, 2.45) is 0 Å². The average molecular weight is 347 g/mol. The van der Waals surface area contributed by atoms with Crippen LogP contribution in [0.25, 0.3) is 6.08 Å². The molecule has 0 radical (unpaired) electrons. The minimum Gasteiger partial charge on any atom is -0.357 e. The Kier molecular flexibility index (Phi) is 6.39. The smallest absolute Gasteiger partial charge is 0.262 e. The molecule has 0 spiro atoms. The lowest BCUT2D eigenvalue weighted by Gasteiger charge is -2.10. The summed E-state index contributed by atoms with van der Waals surface area (Å²) in [6, 6.07) is 12.1. The van der Waals surface area contributed by atoms with Crippen LogP contribution in [0.4, 0.5) is 8.78 Å². The van der Waals surface area contributed by atoms with E-state index in [4.69, 9.17) is 12.2 Å². The third-order valence-corrected chi connectivity index (χ3v) is 3.23. The Balaban J connectivity index is 1.74. The fourth-order valence-corrected chi connectivity index (χ4v) is 1.89. The zero-order valence-corrected chi connectivity index (χ0v) is 13.4. The number of benzene rings is 2. The van der Waals surface area contributed by atoms with E-state index in [0.717, 1.165) is 5.56 Å². The van der Waals surface area contributed by atoms with Gasteiger partial charge in [0.2, 0.25) is 0 Å². The first-order valence-electron chi connectivity index (χ1n) is 7.05. The highest BCUT2D eigenvalue weighted by Crippen LogP contribution is 2.07. The molecular weight excluding hydrogens is 332 g/mol. The molecule has 0 aliphatic heterocycles. The largest absolute Gasteiger partial charge is 0.357 e. The first-order chi connectivity index (χ1) is 11.5. The number of carbonyl (C=O) groups is 1. The first kappa shape index (κ1) is 17.6. The van der Waals surface area contributed by atoms with E-state index < -0.39 is 11.7 Å². The van der Waals surface area contributed by atoms with Gasteiger partial charge in [-0.15, -0.1) is 0 Å². The van der Waals surface area contributed by atoms with Crippen molar-refractivity contribution in [2.45, 2.75) is 6.54 Å². The lowest BCUT2D eigenvalue weighted by molar-refractivity contribution is -0.116. The molecule has 2 aromatic rings. The van der Waals surface area contributed by atoms with Crippen LogP contribution in [-0.4, -0.2) is 11.0 Å². The molecule has 0 saturated heterocycles. The molecular formula is C17H15F2N3OS. The Hall–Kier alpha value is -2.80. The van der Waals surface area contributed by atoms with Crippen molar-refractivity contribution >= 4 is 29.3 Å².